The second-order valence-electron chi connectivity index (χ2n) is 11.5. The molecule has 9 heteroatoms. The van der Waals surface area contributed by atoms with Crippen molar-refractivity contribution in [3.8, 4) is 0 Å². The molecule has 226 valence electrons. The Labute approximate surface area is 254 Å². The van der Waals surface area contributed by atoms with E-state index >= 15 is 0 Å². The summed E-state index contributed by atoms with van der Waals surface area (Å²) in [6.07, 6.45) is 5.65. The molecule has 5 rings (SSSR count). The molecule has 43 heavy (non-hydrogen) atoms. The first-order valence-corrected chi connectivity index (χ1v) is 16.5. The van der Waals surface area contributed by atoms with Gasteiger partial charge in [-0.2, -0.15) is 0 Å². The summed E-state index contributed by atoms with van der Waals surface area (Å²) < 4.78 is 26.9. The Kier molecular flexibility index (Phi) is 9.60. The zero-order valence-electron chi connectivity index (χ0n) is 24.6. The van der Waals surface area contributed by atoms with Crippen LogP contribution >= 0.6 is 0 Å². The van der Waals surface area contributed by atoms with E-state index < -0.39 is 22.0 Å². The van der Waals surface area contributed by atoms with E-state index in [9.17, 15) is 22.8 Å². The largest absolute Gasteiger partial charge is 0.352 e. The summed E-state index contributed by atoms with van der Waals surface area (Å²) in [7, 11) is -3.96. The smallest absolute Gasteiger partial charge is 0.269 e. The highest BCUT2D eigenvalue weighted by Gasteiger charge is 2.40. The van der Waals surface area contributed by atoms with Crippen LogP contribution < -0.4 is 5.32 Å². The van der Waals surface area contributed by atoms with Crippen LogP contribution in [0.2, 0.25) is 0 Å². The molecule has 0 radical (unpaired) electrons. The van der Waals surface area contributed by atoms with E-state index in [-0.39, 0.29) is 54.2 Å². The molecular formula is C34H39N3O5S. The Morgan fingerprint density at radius 2 is 1.60 bits per heavy atom. The van der Waals surface area contributed by atoms with E-state index in [1.54, 1.807) is 17.0 Å². The van der Waals surface area contributed by atoms with Crippen LogP contribution in [0.15, 0.2) is 83.8 Å². The minimum Gasteiger partial charge on any atom is -0.352 e. The molecule has 3 aromatic rings. The van der Waals surface area contributed by atoms with Crippen molar-refractivity contribution in [2.75, 3.05) is 6.54 Å². The number of carbonyl (C=O) groups excluding carboxylic acids is 3. The van der Waals surface area contributed by atoms with Crippen LogP contribution in [0, 0.1) is 6.92 Å². The first kappa shape index (κ1) is 30.5. The molecule has 0 bridgehead atoms. The van der Waals surface area contributed by atoms with E-state index in [4.69, 9.17) is 0 Å². The second-order valence-corrected chi connectivity index (χ2v) is 13.3. The van der Waals surface area contributed by atoms with Gasteiger partial charge in [0.15, 0.2) is 0 Å². The van der Waals surface area contributed by atoms with Gasteiger partial charge in [-0.1, -0.05) is 86.0 Å². The van der Waals surface area contributed by atoms with Crippen molar-refractivity contribution in [3.63, 3.8) is 0 Å². The van der Waals surface area contributed by atoms with Gasteiger partial charge in [0.25, 0.3) is 15.9 Å². The van der Waals surface area contributed by atoms with Crippen molar-refractivity contribution >= 4 is 27.7 Å². The average molecular weight is 602 g/mol. The molecule has 0 saturated heterocycles. The number of rotatable bonds is 11. The highest BCUT2D eigenvalue weighted by molar-refractivity contribution is 7.90. The predicted octanol–water partition coefficient (Wildman–Crippen LogP) is 5.01. The normalized spacial score (nSPS) is 16.9. The Balaban J connectivity index is 1.38. The maximum absolute atomic E-state index is 14.0. The van der Waals surface area contributed by atoms with E-state index in [2.05, 4.69) is 5.32 Å². The first-order chi connectivity index (χ1) is 20.8. The molecule has 1 atom stereocenters. The SMILES string of the molecule is Cc1ccccc1CN(C(=O)CCCN1C(=O)c2ccccc2S1(=O)=O)[C@@H](Cc1ccccc1)C(=O)NC1CCCCC1. The highest BCUT2D eigenvalue weighted by atomic mass is 32.2. The van der Waals surface area contributed by atoms with Gasteiger partial charge >= 0.3 is 0 Å². The monoisotopic (exact) mass is 601 g/mol. The standard InChI is InChI=1S/C34H39N3O5S/c1-25-13-8-9-16-27(25)24-36(30(23-26-14-4-2-5-15-26)33(39)35-28-17-6-3-7-18-28)32(38)21-12-22-37-34(40)29-19-10-11-20-31(29)43(37,41)42/h2,4-5,8-11,13-16,19-20,28,30H,3,6-7,12,17-18,21-24H2,1H3,(H,35,39)/t30-/m0/s1. The third-order valence-corrected chi connectivity index (χ3v) is 10.3. The van der Waals surface area contributed by atoms with Gasteiger partial charge in [-0.15, -0.1) is 0 Å². The van der Waals surface area contributed by atoms with Gasteiger partial charge in [0.05, 0.1) is 5.56 Å². The Morgan fingerprint density at radius 1 is 0.930 bits per heavy atom. The predicted molar refractivity (Wildman–Crippen MR) is 165 cm³/mol. The molecule has 0 unspecified atom stereocenters. The van der Waals surface area contributed by atoms with Crippen LogP contribution in [0.4, 0.5) is 0 Å². The minimum atomic E-state index is -3.96. The van der Waals surface area contributed by atoms with Crippen LogP contribution in [-0.2, 0) is 32.6 Å². The molecular weight excluding hydrogens is 562 g/mol. The van der Waals surface area contributed by atoms with Crippen molar-refractivity contribution < 1.29 is 22.8 Å². The molecule has 1 fully saturated rings. The van der Waals surface area contributed by atoms with Crippen molar-refractivity contribution in [2.45, 2.75) is 81.8 Å². The molecule has 1 N–H and O–H groups in total. The summed E-state index contributed by atoms with van der Waals surface area (Å²) in [6, 6.07) is 23.0. The van der Waals surface area contributed by atoms with E-state index in [0.29, 0.717) is 6.42 Å². The average Bonchev–Trinajstić information content (AvgIpc) is 3.21. The van der Waals surface area contributed by atoms with Crippen LogP contribution in [0.5, 0.6) is 0 Å². The summed E-state index contributed by atoms with van der Waals surface area (Å²) in [5, 5.41) is 3.24. The third kappa shape index (κ3) is 6.99. The maximum atomic E-state index is 14.0. The Bertz CT molecular complexity index is 1570. The number of fused-ring (bicyclic) bond motifs is 1. The van der Waals surface area contributed by atoms with Crippen LogP contribution in [0.25, 0.3) is 0 Å². The molecule has 3 amide bonds. The lowest BCUT2D eigenvalue weighted by molar-refractivity contribution is -0.141. The van der Waals surface area contributed by atoms with Crippen LogP contribution in [-0.4, -0.2) is 54.0 Å². The van der Waals surface area contributed by atoms with Gasteiger partial charge in [0.1, 0.15) is 10.9 Å². The van der Waals surface area contributed by atoms with Crippen LogP contribution in [0.1, 0.15) is 72.0 Å². The lowest BCUT2D eigenvalue weighted by Crippen LogP contribution is -2.53. The number of nitrogens with zero attached hydrogens (tertiary/aromatic N) is 2. The zero-order chi connectivity index (χ0) is 30.4. The van der Waals surface area contributed by atoms with E-state index in [0.717, 1.165) is 53.1 Å². The van der Waals surface area contributed by atoms with Gasteiger partial charge in [0, 0.05) is 32.0 Å². The summed E-state index contributed by atoms with van der Waals surface area (Å²) in [6.45, 7) is 2.11. The van der Waals surface area contributed by atoms with Gasteiger partial charge in [-0.25, -0.2) is 12.7 Å². The Hall–Kier alpha value is -3.98. The highest BCUT2D eigenvalue weighted by Crippen LogP contribution is 2.30. The fourth-order valence-electron chi connectivity index (χ4n) is 6.04. The first-order valence-electron chi connectivity index (χ1n) is 15.1. The minimum absolute atomic E-state index is 0.00480. The molecule has 0 spiro atoms. The summed E-state index contributed by atoms with van der Waals surface area (Å²) in [4.78, 5) is 42.5. The van der Waals surface area contributed by atoms with Crippen molar-refractivity contribution in [1.29, 1.82) is 0 Å². The number of amides is 3. The number of sulfonamides is 1. The zero-order valence-corrected chi connectivity index (χ0v) is 25.4. The van der Waals surface area contributed by atoms with Crippen molar-refractivity contribution in [1.82, 2.24) is 14.5 Å². The quantitative estimate of drug-likeness (QED) is 0.333. The van der Waals surface area contributed by atoms with Gasteiger partial charge < -0.3 is 10.2 Å². The number of hydrogen-bond acceptors (Lipinski definition) is 5. The number of carbonyl (C=O) groups is 3. The molecule has 3 aromatic carbocycles. The maximum Gasteiger partial charge on any atom is 0.269 e. The molecule has 1 aliphatic carbocycles. The van der Waals surface area contributed by atoms with E-state index in [1.165, 1.54) is 12.1 Å². The fraction of sp³-hybridized carbons (Fsp3) is 0.382. The summed E-state index contributed by atoms with van der Waals surface area (Å²) in [5.74, 6) is -1.01. The van der Waals surface area contributed by atoms with Gasteiger partial charge in [-0.3, -0.25) is 14.4 Å². The molecule has 1 aliphatic heterocycles. The van der Waals surface area contributed by atoms with Gasteiger partial charge in [-0.05, 0) is 55.0 Å². The molecule has 8 nitrogen and oxygen atoms in total. The summed E-state index contributed by atoms with van der Waals surface area (Å²) in [5.41, 5.74) is 3.04. The van der Waals surface area contributed by atoms with Crippen LogP contribution in [0.3, 0.4) is 0 Å². The molecule has 0 aromatic heterocycles. The summed E-state index contributed by atoms with van der Waals surface area (Å²) >= 11 is 0. The Morgan fingerprint density at radius 3 is 2.33 bits per heavy atom. The number of benzene rings is 3. The third-order valence-electron chi connectivity index (χ3n) is 8.49. The number of aryl methyl sites for hydroxylation is 1. The number of hydrogen-bond donors (Lipinski definition) is 1. The fourth-order valence-corrected chi connectivity index (χ4v) is 7.65. The second kappa shape index (κ2) is 13.5. The number of nitrogens with one attached hydrogen (secondary N) is 1. The lowest BCUT2D eigenvalue weighted by atomic mass is 9.94. The molecule has 1 heterocycles. The molecule has 2 aliphatic rings. The topological polar surface area (TPSA) is 104 Å². The lowest BCUT2D eigenvalue weighted by Gasteiger charge is -2.34. The van der Waals surface area contributed by atoms with E-state index in [1.807, 2.05) is 61.5 Å². The van der Waals surface area contributed by atoms with Crippen molar-refractivity contribution in [3.05, 3.63) is 101 Å². The van der Waals surface area contributed by atoms with Crippen molar-refractivity contribution in [2.24, 2.45) is 0 Å². The molecule has 1 saturated carbocycles. The van der Waals surface area contributed by atoms with Gasteiger partial charge in [0.2, 0.25) is 11.8 Å².